The third-order valence-corrected chi connectivity index (χ3v) is 5.93. The molecule has 0 heterocycles. The predicted molar refractivity (Wildman–Crippen MR) is 96.2 cm³/mol. The van der Waals surface area contributed by atoms with Crippen LogP contribution in [0.4, 0.5) is 5.69 Å². The summed E-state index contributed by atoms with van der Waals surface area (Å²) in [4.78, 5) is 12.3. The predicted octanol–water partition coefficient (Wildman–Crippen LogP) is 3.26. The fourth-order valence-corrected chi connectivity index (χ4v) is 3.82. The highest BCUT2D eigenvalue weighted by Gasteiger charge is 2.25. The Labute approximate surface area is 147 Å². The number of rotatable bonds is 6. The number of anilines is 1. The highest BCUT2D eigenvalue weighted by Crippen LogP contribution is 2.40. The van der Waals surface area contributed by atoms with Crippen molar-refractivity contribution in [3.63, 3.8) is 0 Å². The first-order valence-electron chi connectivity index (χ1n) is 8.55. The average Bonchev–Trinajstić information content (AvgIpc) is 3.48. The molecule has 2 fully saturated rings. The minimum Gasteiger partial charge on any atom is -0.349 e. The van der Waals surface area contributed by atoms with Crippen LogP contribution in [0.5, 0.6) is 0 Å². The monoisotopic (exact) mass is 356 g/mol. The van der Waals surface area contributed by atoms with E-state index >= 15 is 0 Å². The molecule has 6 heteroatoms. The zero-order valence-electron chi connectivity index (χ0n) is 13.7. The molecule has 0 unspecified atom stereocenters. The first-order chi connectivity index (χ1) is 12.0. The molecular weight excluding hydrogens is 336 g/mol. The summed E-state index contributed by atoms with van der Waals surface area (Å²) in [6.45, 7) is 0. The topological polar surface area (TPSA) is 75.3 Å². The van der Waals surface area contributed by atoms with Crippen molar-refractivity contribution in [1.82, 2.24) is 5.32 Å². The lowest BCUT2D eigenvalue weighted by Gasteiger charge is -2.10. The molecule has 0 atom stereocenters. The van der Waals surface area contributed by atoms with E-state index in [4.69, 9.17) is 0 Å². The Morgan fingerprint density at radius 2 is 1.68 bits per heavy atom. The molecule has 0 aromatic heterocycles. The Bertz CT molecular complexity index is 899. The van der Waals surface area contributed by atoms with Gasteiger partial charge in [-0.05, 0) is 67.5 Å². The minimum absolute atomic E-state index is 0.169. The molecule has 5 nitrogen and oxygen atoms in total. The molecule has 2 saturated carbocycles. The zero-order chi connectivity index (χ0) is 17.4. The van der Waals surface area contributed by atoms with Crippen molar-refractivity contribution in [2.75, 3.05) is 4.72 Å². The van der Waals surface area contributed by atoms with Crippen LogP contribution in [0, 0.1) is 0 Å². The Balaban J connectivity index is 1.50. The van der Waals surface area contributed by atoms with Crippen molar-refractivity contribution >= 4 is 21.6 Å². The van der Waals surface area contributed by atoms with Crippen molar-refractivity contribution in [3.8, 4) is 0 Å². The molecule has 2 aromatic carbocycles. The van der Waals surface area contributed by atoms with E-state index in [2.05, 4.69) is 10.0 Å². The highest BCUT2D eigenvalue weighted by molar-refractivity contribution is 7.92. The number of hydrogen-bond acceptors (Lipinski definition) is 3. The minimum atomic E-state index is -3.67. The molecule has 2 aliphatic rings. The fourth-order valence-electron chi connectivity index (χ4n) is 2.77. The van der Waals surface area contributed by atoms with Gasteiger partial charge in [-0.2, -0.15) is 0 Å². The van der Waals surface area contributed by atoms with Crippen LogP contribution in [0.2, 0.25) is 0 Å². The van der Waals surface area contributed by atoms with E-state index < -0.39 is 10.0 Å². The van der Waals surface area contributed by atoms with E-state index in [0.717, 1.165) is 12.8 Å². The van der Waals surface area contributed by atoms with Crippen LogP contribution >= 0.6 is 0 Å². The molecule has 1 amide bonds. The summed E-state index contributed by atoms with van der Waals surface area (Å²) >= 11 is 0. The number of benzene rings is 2. The molecule has 2 N–H and O–H groups in total. The Morgan fingerprint density at radius 1 is 0.960 bits per heavy atom. The van der Waals surface area contributed by atoms with E-state index in [-0.39, 0.29) is 16.8 Å². The second-order valence-electron chi connectivity index (χ2n) is 6.78. The average molecular weight is 356 g/mol. The standard InChI is InChI=1S/C19H20N2O3S/c22-19(20-16-8-9-16)15-2-1-3-17(12-15)21-25(23,24)18-10-6-14(7-11-18)13-4-5-13/h1-3,6-7,10-13,16,21H,4-5,8-9H2,(H,20,22). The molecule has 25 heavy (non-hydrogen) atoms. The first-order valence-corrected chi connectivity index (χ1v) is 10.0. The maximum Gasteiger partial charge on any atom is 0.261 e. The van der Waals surface area contributed by atoms with Crippen LogP contribution < -0.4 is 10.0 Å². The lowest BCUT2D eigenvalue weighted by atomic mass is 10.1. The van der Waals surface area contributed by atoms with Gasteiger partial charge >= 0.3 is 0 Å². The van der Waals surface area contributed by atoms with Crippen molar-refractivity contribution in [2.45, 2.75) is 42.5 Å². The number of nitrogens with one attached hydrogen (secondary N) is 2. The molecule has 0 aliphatic heterocycles. The van der Waals surface area contributed by atoms with Crippen LogP contribution in [0.3, 0.4) is 0 Å². The van der Waals surface area contributed by atoms with E-state index in [9.17, 15) is 13.2 Å². The molecule has 0 radical (unpaired) electrons. The van der Waals surface area contributed by atoms with E-state index in [1.165, 1.54) is 18.4 Å². The van der Waals surface area contributed by atoms with Crippen molar-refractivity contribution in [1.29, 1.82) is 0 Å². The summed E-state index contributed by atoms with van der Waals surface area (Å²) in [5, 5.41) is 2.90. The third-order valence-electron chi connectivity index (χ3n) is 4.53. The number of hydrogen-bond donors (Lipinski definition) is 2. The largest absolute Gasteiger partial charge is 0.349 e. The van der Waals surface area contributed by atoms with E-state index in [0.29, 0.717) is 17.2 Å². The Hall–Kier alpha value is -2.34. The van der Waals surface area contributed by atoms with Crippen LogP contribution in [0.25, 0.3) is 0 Å². The third kappa shape index (κ3) is 3.85. The molecule has 0 saturated heterocycles. The van der Waals surface area contributed by atoms with Crippen LogP contribution in [0.15, 0.2) is 53.4 Å². The summed E-state index contributed by atoms with van der Waals surface area (Å²) in [7, 11) is -3.67. The van der Waals surface area contributed by atoms with Gasteiger partial charge in [0.25, 0.3) is 15.9 Å². The Kier molecular flexibility index (Phi) is 4.00. The van der Waals surface area contributed by atoms with Gasteiger partial charge in [0.05, 0.1) is 4.90 Å². The number of sulfonamides is 1. The molecule has 2 aliphatic carbocycles. The summed E-state index contributed by atoms with van der Waals surface area (Å²) in [6.07, 6.45) is 4.38. The van der Waals surface area contributed by atoms with Gasteiger partial charge < -0.3 is 5.32 Å². The van der Waals surface area contributed by atoms with Crippen molar-refractivity contribution < 1.29 is 13.2 Å². The maximum absolute atomic E-state index is 12.6. The van der Waals surface area contributed by atoms with Gasteiger partial charge in [0.1, 0.15) is 0 Å². The normalized spacial score (nSPS) is 17.1. The van der Waals surface area contributed by atoms with Crippen molar-refractivity contribution in [3.05, 3.63) is 59.7 Å². The summed E-state index contributed by atoms with van der Waals surface area (Å²) in [6, 6.07) is 13.9. The molecule has 130 valence electrons. The van der Waals surface area contributed by atoms with E-state index in [1.54, 1.807) is 36.4 Å². The van der Waals surface area contributed by atoms with Crippen LogP contribution in [0.1, 0.15) is 47.5 Å². The van der Waals surface area contributed by atoms with Crippen molar-refractivity contribution in [2.24, 2.45) is 0 Å². The number of amides is 1. The zero-order valence-corrected chi connectivity index (χ0v) is 14.6. The lowest BCUT2D eigenvalue weighted by Crippen LogP contribution is -2.25. The summed E-state index contributed by atoms with van der Waals surface area (Å²) in [5.41, 5.74) is 2.03. The smallest absolute Gasteiger partial charge is 0.261 e. The van der Waals surface area contributed by atoms with Gasteiger partial charge in [-0.25, -0.2) is 8.42 Å². The number of carbonyl (C=O) groups is 1. The van der Waals surface area contributed by atoms with Gasteiger partial charge in [0.15, 0.2) is 0 Å². The summed E-state index contributed by atoms with van der Waals surface area (Å²) < 4.78 is 27.7. The van der Waals surface area contributed by atoms with Crippen LogP contribution in [-0.4, -0.2) is 20.4 Å². The molecule has 0 spiro atoms. The van der Waals surface area contributed by atoms with E-state index in [1.807, 2.05) is 12.1 Å². The second-order valence-corrected chi connectivity index (χ2v) is 8.46. The SMILES string of the molecule is O=C(NC1CC1)c1cccc(NS(=O)(=O)c2ccc(C3CC3)cc2)c1. The second kappa shape index (κ2) is 6.19. The number of carbonyl (C=O) groups excluding carboxylic acids is 1. The quantitative estimate of drug-likeness (QED) is 0.834. The van der Waals surface area contributed by atoms with Gasteiger partial charge in [-0.3, -0.25) is 9.52 Å². The molecule has 4 rings (SSSR count). The van der Waals surface area contributed by atoms with Gasteiger partial charge in [0.2, 0.25) is 0 Å². The maximum atomic E-state index is 12.6. The van der Waals surface area contributed by atoms with Gasteiger partial charge in [-0.1, -0.05) is 18.2 Å². The molecule has 0 bridgehead atoms. The summed E-state index contributed by atoms with van der Waals surface area (Å²) in [5.74, 6) is 0.420. The molecular formula is C19H20N2O3S. The highest BCUT2D eigenvalue weighted by atomic mass is 32.2. The van der Waals surface area contributed by atoms with Gasteiger partial charge in [-0.15, -0.1) is 0 Å². The fraction of sp³-hybridized carbons (Fsp3) is 0.316. The molecule has 2 aromatic rings. The first kappa shape index (κ1) is 16.1. The lowest BCUT2D eigenvalue weighted by molar-refractivity contribution is 0.0951. The van der Waals surface area contributed by atoms with Crippen LogP contribution in [-0.2, 0) is 10.0 Å². The Morgan fingerprint density at radius 3 is 2.32 bits per heavy atom. The van der Waals surface area contributed by atoms with Gasteiger partial charge in [0, 0.05) is 17.3 Å².